The van der Waals surface area contributed by atoms with Crippen LogP contribution in [0.25, 0.3) is 0 Å². The van der Waals surface area contributed by atoms with Crippen molar-refractivity contribution in [2.45, 2.75) is 39.2 Å². The summed E-state index contributed by atoms with van der Waals surface area (Å²) < 4.78 is 13.7. The molecule has 116 valence electrons. The molecule has 1 rings (SSSR count). The molecule has 0 saturated carbocycles. The average Bonchev–Trinajstić information content (AvgIpc) is 2.40. The number of rotatable bonds is 7. The molecule has 0 spiro atoms. The lowest BCUT2D eigenvalue weighted by atomic mass is 10.0. The lowest BCUT2D eigenvalue weighted by molar-refractivity contribution is -0.384. The molecule has 6 nitrogen and oxygen atoms in total. The second kappa shape index (κ2) is 7.68. The van der Waals surface area contributed by atoms with Crippen LogP contribution < -0.4 is 11.1 Å². The van der Waals surface area contributed by atoms with Crippen molar-refractivity contribution in [3.8, 4) is 0 Å². The van der Waals surface area contributed by atoms with Crippen LogP contribution in [0.1, 0.15) is 33.1 Å². The number of halogens is 1. The molecule has 1 aromatic carbocycles. The van der Waals surface area contributed by atoms with E-state index in [2.05, 4.69) is 5.32 Å². The zero-order valence-corrected chi connectivity index (χ0v) is 12.1. The minimum Gasteiger partial charge on any atom is -0.328 e. The number of para-hydroxylation sites is 1. The van der Waals surface area contributed by atoms with Crippen LogP contribution in [-0.4, -0.2) is 16.9 Å². The predicted molar refractivity (Wildman–Crippen MR) is 78.3 cm³/mol. The van der Waals surface area contributed by atoms with Gasteiger partial charge in [-0.25, -0.2) is 4.39 Å². The number of nitro benzene ring substituents is 1. The van der Waals surface area contributed by atoms with E-state index in [0.29, 0.717) is 6.42 Å². The summed E-state index contributed by atoms with van der Waals surface area (Å²) in [6, 6.07) is 3.52. The topological polar surface area (TPSA) is 98.3 Å². The number of hydrogen-bond acceptors (Lipinski definition) is 4. The number of nitrogens with zero attached hydrogens (tertiary/aromatic N) is 1. The Morgan fingerprint density at radius 3 is 2.67 bits per heavy atom. The summed E-state index contributed by atoms with van der Waals surface area (Å²) in [7, 11) is 0. The van der Waals surface area contributed by atoms with Crippen LogP contribution in [0, 0.1) is 21.8 Å². The highest BCUT2D eigenvalue weighted by molar-refractivity contribution is 5.94. The smallest absolute Gasteiger partial charge is 0.295 e. The lowest BCUT2D eigenvalue weighted by Crippen LogP contribution is -2.22. The summed E-state index contributed by atoms with van der Waals surface area (Å²) in [5, 5.41) is 13.2. The largest absolute Gasteiger partial charge is 0.328 e. The third-order valence-electron chi connectivity index (χ3n) is 3.18. The van der Waals surface area contributed by atoms with Gasteiger partial charge in [0.1, 0.15) is 0 Å². The number of carbonyl (C=O) groups is 1. The zero-order valence-electron chi connectivity index (χ0n) is 12.1. The maximum absolute atomic E-state index is 13.7. The third kappa shape index (κ3) is 5.11. The molecule has 3 N–H and O–H groups in total. The maximum atomic E-state index is 13.7. The minimum atomic E-state index is -0.819. The Morgan fingerprint density at radius 2 is 2.10 bits per heavy atom. The van der Waals surface area contributed by atoms with Crippen LogP contribution in [0.3, 0.4) is 0 Å². The van der Waals surface area contributed by atoms with Gasteiger partial charge >= 0.3 is 0 Å². The van der Waals surface area contributed by atoms with Gasteiger partial charge in [-0.05, 0) is 25.8 Å². The number of carbonyl (C=O) groups excluding carboxylic acids is 1. The van der Waals surface area contributed by atoms with Crippen molar-refractivity contribution in [3.05, 3.63) is 34.1 Å². The van der Waals surface area contributed by atoms with E-state index < -0.39 is 22.3 Å². The predicted octanol–water partition coefficient (Wildman–Crippen LogP) is 2.83. The molecular formula is C14H20FN3O3. The van der Waals surface area contributed by atoms with Crippen LogP contribution in [0.2, 0.25) is 0 Å². The average molecular weight is 297 g/mol. The summed E-state index contributed by atoms with van der Waals surface area (Å²) in [6.07, 6.45) is 2.15. The van der Waals surface area contributed by atoms with E-state index in [1.54, 1.807) is 6.92 Å². The van der Waals surface area contributed by atoms with E-state index in [1.807, 2.05) is 6.92 Å². The van der Waals surface area contributed by atoms with Crippen molar-refractivity contribution in [2.75, 3.05) is 5.32 Å². The molecule has 0 fully saturated rings. The molecule has 21 heavy (non-hydrogen) atoms. The van der Waals surface area contributed by atoms with Gasteiger partial charge in [0.25, 0.3) is 5.69 Å². The molecule has 2 unspecified atom stereocenters. The third-order valence-corrected chi connectivity index (χ3v) is 3.18. The second-order valence-electron chi connectivity index (χ2n) is 5.19. The zero-order chi connectivity index (χ0) is 16.0. The number of nitro groups is 1. The molecule has 0 saturated heterocycles. The van der Waals surface area contributed by atoms with Gasteiger partial charge in [-0.1, -0.05) is 19.4 Å². The monoisotopic (exact) mass is 297 g/mol. The molecule has 0 aromatic heterocycles. The van der Waals surface area contributed by atoms with Crippen molar-refractivity contribution >= 4 is 17.3 Å². The van der Waals surface area contributed by atoms with Crippen LogP contribution in [-0.2, 0) is 4.79 Å². The van der Waals surface area contributed by atoms with E-state index in [9.17, 15) is 19.3 Å². The Labute approximate surface area is 122 Å². The molecule has 0 aliphatic rings. The van der Waals surface area contributed by atoms with Gasteiger partial charge in [0.15, 0.2) is 11.5 Å². The first-order valence-corrected chi connectivity index (χ1v) is 6.82. The van der Waals surface area contributed by atoms with Crippen molar-refractivity contribution in [3.63, 3.8) is 0 Å². The molecule has 2 atom stereocenters. The van der Waals surface area contributed by atoms with E-state index in [1.165, 1.54) is 6.07 Å². The highest BCUT2D eigenvalue weighted by atomic mass is 19.1. The number of benzene rings is 1. The second-order valence-corrected chi connectivity index (χ2v) is 5.19. The fraction of sp³-hybridized carbons (Fsp3) is 0.500. The minimum absolute atomic E-state index is 0.0629. The Balaban J connectivity index is 2.72. The molecule has 1 amide bonds. The lowest BCUT2D eigenvalue weighted by Gasteiger charge is -2.13. The maximum Gasteiger partial charge on any atom is 0.295 e. The van der Waals surface area contributed by atoms with Gasteiger partial charge in [0.05, 0.1) is 4.92 Å². The van der Waals surface area contributed by atoms with Crippen LogP contribution in [0.15, 0.2) is 18.2 Å². The fourth-order valence-corrected chi connectivity index (χ4v) is 1.91. The summed E-state index contributed by atoms with van der Waals surface area (Å²) in [5.74, 6) is -1.63. The first-order chi connectivity index (χ1) is 9.82. The molecular weight excluding hydrogens is 277 g/mol. The van der Waals surface area contributed by atoms with Gasteiger partial charge < -0.3 is 11.1 Å². The van der Waals surface area contributed by atoms with Crippen molar-refractivity contribution in [1.29, 1.82) is 0 Å². The number of nitrogens with one attached hydrogen (secondary N) is 1. The number of amides is 1. The van der Waals surface area contributed by atoms with Gasteiger partial charge in [-0.2, -0.15) is 0 Å². The molecule has 0 bridgehead atoms. The summed E-state index contributed by atoms with van der Waals surface area (Å²) in [6.45, 7) is 3.58. The first-order valence-electron chi connectivity index (χ1n) is 6.82. The standard InChI is InChI=1S/C14H20FN3O3/c1-9(5-3-6-10(2)16)14(19)17-13-11(15)7-4-8-12(13)18(20)21/h4,7-10H,3,5-6,16H2,1-2H3,(H,17,19). The fourth-order valence-electron chi connectivity index (χ4n) is 1.91. The van der Waals surface area contributed by atoms with Gasteiger partial charge in [-0.15, -0.1) is 0 Å². The quantitative estimate of drug-likeness (QED) is 0.597. The van der Waals surface area contributed by atoms with E-state index >= 15 is 0 Å². The normalized spacial score (nSPS) is 13.5. The van der Waals surface area contributed by atoms with Crippen molar-refractivity contribution < 1.29 is 14.1 Å². The Morgan fingerprint density at radius 1 is 1.43 bits per heavy atom. The van der Waals surface area contributed by atoms with E-state index in [0.717, 1.165) is 25.0 Å². The number of nitrogens with two attached hydrogens (primary N) is 1. The Hall–Kier alpha value is -2.02. The molecule has 0 aliphatic carbocycles. The van der Waals surface area contributed by atoms with E-state index in [4.69, 9.17) is 5.73 Å². The molecule has 0 radical (unpaired) electrons. The van der Waals surface area contributed by atoms with Gasteiger partial charge in [-0.3, -0.25) is 14.9 Å². The molecule has 7 heteroatoms. The SMILES string of the molecule is CC(N)CCCC(C)C(=O)Nc1c(F)cccc1[N+](=O)[O-]. The summed E-state index contributed by atoms with van der Waals surface area (Å²) >= 11 is 0. The van der Waals surface area contributed by atoms with Gasteiger partial charge in [0, 0.05) is 18.0 Å². The Bertz CT molecular complexity index is 520. The van der Waals surface area contributed by atoms with Crippen molar-refractivity contribution in [1.82, 2.24) is 0 Å². The number of anilines is 1. The van der Waals surface area contributed by atoms with Crippen LogP contribution in [0.5, 0.6) is 0 Å². The molecule has 1 aromatic rings. The highest BCUT2D eigenvalue weighted by Gasteiger charge is 2.22. The van der Waals surface area contributed by atoms with Crippen molar-refractivity contribution in [2.24, 2.45) is 11.7 Å². The number of hydrogen-bond donors (Lipinski definition) is 2. The van der Waals surface area contributed by atoms with E-state index in [-0.39, 0.29) is 17.6 Å². The van der Waals surface area contributed by atoms with Crippen LogP contribution in [0.4, 0.5) is 15.8 Å². The highest BCUT2D eigenvalue weighted by Crippen LogP contribution is 2.27. The van der Waals surface area contributed by atoms with Gasteiger partial charge in [0.2, 0.25) is 5.91 Å². The summed E-state index contributed by atoms with van der Waals surface area (Å²) in [5.41, 5.74) is 4.79. The van der Waals surface area contributed by atoms with Crippen LogP contribution >= 0.6 is 0 Å². The Kier molecular flexibility index (Phi) is 6.23. The molecule has 0 heterocycles. The first kappa shape index (κ1) is 17.0. The molecule has 0 aliphatic heterocycles. The summed E-state index contributed by atoms with van der Waals surface area (Å²) in [4.78, 5) is 22.1.